The molecule has 4 nitrogen and oxygen atoms in total. The second-order valence-corrected chi connectivity index (χ2v) is 7.71. The van der Waals surface area contributed by atoms with Crippen molar-refractivity contribution in [2.24, 2.45) is 10.3 Å². The summed E-state index contributed by atoms with van der Waals surface area (Å²) < 4.78 is 18.3. The first kappa shape index (κ1) is 14.1. The first-order valence-corrected chi connectivity index (χ1v) is 8.80. The zero-order valence-electron chi connectivity index (χ0n) is 11.9. The molecule has 0 spiro atoms. The highest BCUT2D eigenvalue weighted by atomic mass is 32.2. The lowest BCUT2D eigenvalue weighted by Crippen LogP contribution is -2.14. The van der Waals surface area contributed by atoms with Gasteiger partial charge in [0, 0.05) is 12.1 Å². The lowest BCUT2D eigenvalue weighted by atomic mass is 10.1. The van der Waals surface area contributed by atoms with Crippen molar-refractivity contribution in [1.82, 2.24) is 4.98 Å². The van der Waals surface area contributed by atoms with E-state index in [2.05, 4.69) is 26.8 Å². The minimum absolute atomic E-state index is 0.262. The number of thiazole rings is 1. The van der Waals surface area contributed by atoms with E-state index < -0.39 is 12.1 Å². The van der Waals surface area contributed by atoms with Crippen molar-refractivity contribution in [1.29, 1.82) is 0 Å². The van der Waals surface area contributed by atoms with Crippen molar-refractivity contribution in [2.75, 3.05) is 5.32 Å². The number of halogens is 1. The van der Waals surface area contributed by atoms with Crippen molar-refractivity contribution in [2.45, 2.75) is 31.2 Å². The third kappa shape index (κ3) is 2.63. The van der Waals surface area contributed by atoms with Crippen LogP contribution < -0.4 is 5.32 Å². The molecule has 114 valence electrons. The van der Waals surface area contributed by atoms with Crippen LogP contribution in [0.1, 0.15) is 30.6 Å². The summed E-state index contributed by atoms with van der Waals surface area (Å²) in [7, 11) is 0. The minimum Gasteiger partial charge on any atom is -0.302 e. The van der Waals surface area contributed by atoms with Gasteiger partial charge in [0.15, 0.2) is 5.13 Å². The molecular weight excluding hydrogens is 321 g/mol. The Kier molecular flexibility index (Phi) is 3.41. The lowest BCUT2D eigenvalue weighted by molar-refractivity contribution is -0.117. The van der Waals surface area contributed by atoms with Crippen LogP contribution in [0.2, 0.25) is 0 Å². The van der Waals surface area contributed by atoms with E-state index in [1.807, 2.05) is 13.0 Å². The van der Waals surface area contributed by atoms with Crippen molar-refractivity contribution >= 4 is 50.3 Å². The predicted molar refractivity (Wildman–Crippen MR) is 89.3 cm³/mol. The van der Waals surface area contributed by atoms with Crippen molar-refractivity contribution < 1.29 is 9.18 Å². The highest BCUT2D eigenvalue weighted by Gasteiger charge is 2.43. The zero-order chi connectivity index (χ0) is 15.3. The number of benzene rings is 1. The topological polar surface area (TPSA) is 54.4 Å². The van der Waals surface area contributed by atoms with Gasteiger partial charge in [-0.25, -0.2) is 13.8 Å². The molecule has 0 bridgehead atoms. The van der Waals surface area contributed by atoms with Crippen LogP contribution in [0, 0.1) is 5.92 Å². The Morgan fingerprint density at radius 3 is 2.95 bits per heavy atom. The molecule has 2 heterocycles. The standard InChI is InChI=1S/C15H14FN3OS2/c1-7-4-12(22-19-7)8-2-3-11-13(5-8)21-15(17-11)18-14(20)9-6-10(9)16/h2-3,5,9-10,12H,4,6H2,1H3,(H,17,18,20)/t9-,10+,12?/m1/s1. The molecule has 0 saturated heterocycles. The molecular formula is C15H14FN3OS2. The molecule has 1 N–H and O–H groups in total. The molecule has 1 aromatic carbocycles. The number of rotatable bonds is 3. The molecule has 7 heteroatoms. The summed E-state index contributed by atoms with van der Waals surface area (Å²) in [5.74, 6) is -0.750. The number of nitrogens with zero attached hydrogens (tertiary/aromatic N) is 2. The Hall–Kier alpha value is -1.47. The smallest absolute Gasteiger partial charge is 0.232 e. The molecule has 2 aromatic rings. The van der Waals surface area contributed by atoms with Crippen LogP contribution in [-0.2, 0) is 4.79 Å². The molecule has 1 fully saturated rings. The Labute approximate surface area is 135 Å². The van der Waals surface area contributed by atoms with Crippen LogP contribution in [-0.4, -0.2) is 22.8 Å². The SMILES string of the molecule is CC1=NSC(c2ccc3nc(NC(=O)[C@@H]4C[C@@H]4F)sc3c2)C1. The zero-order valence-corrected chi connectivity index (χ0v) is 13.5. The Morgan fingerprint density at radius 1 is 1.45 bits per heavy atom. The van der Waals surface area contributed by atoms with Gasteiger partial charge in [0.2, 0.25) is 5.91 Å². The third-order valence-electron chi connectivity index (χ3n) is 3.88. The lowest BCUT2D eigenvalue weighted by Gasteiger charge is -2.06. The van der Waals surface area contributed by atoms with E-state index in [1.165, 1.54) is 16.9 Å². The monoisotopic (exact) mass is 335 g/mol. The number of amides is 1. The largest absolute Gasteiger partial charge is 0.302 e. The molecule has 1 amide bonds. The van der Waals surface area contributed by atoms with Gasteiger partial charge in [0.25, 0.3) is 0 Å². The van der Waals surface area contributed by atoms with E-state index in [4.69, 9.17) is 0 Å². The van der Waals surface area contributed by atoms with Gasteiger partial charge in [-0.3, -0.25) is 4.79 Å². The summed E-state index contributed by atoms with van der Waals surface area (Å²) in [6.07, 6.45) is 0.320. The van der Waals surface area contributed by atoms with Gasteiger partial charge in [-0.1, -0.05) is 17.4 Å². The Morgan fingerprint density at radius 2 is 2.27 bits per heavy atom. The Balaban J connectivity index is 1.54. The molecule has 1 aromatic heterocycles. The maximum atomic E-state index is 12.9. The molecule has 1 unspecified atom stereocenters. The number of nitrogens with one attached hydrogen (secondary N) is 1. The van der Waals surface area contributed by atoms with Crippen LogP contribution in [0.15, 0.2) is 22.6 Å². The van der Waals surface area contributed by atoms with Crippen molar-refractivity contribution in [3.8, 4) is 0 Å². The molecule has 1 aliphatic carbocycles. The fourth-order valence-electron chi connectivity index (χ4n) is 2.50. The summed E-state index contributed by atoms with van der Waals surface area (Å²) in [5, 5.41) is 3.63. The van der Waals surface area contributed by atoms with Crippen molar-refractivity contribution in [3.63, 3.8) is 0 Å². The maximum absolute atomic E-state index is 12.9. The normalized spacial score (nSPS) is 27.0. The van der Waals surface area contributed by atoms with E-state index >= 15 is 0 Å². The fraction of sp³-hybridized carbons (Fsp3) is 0.400. The van der Waals surface area contributed by atoms with E-state index in [0.717, 1.165) is 22.3 Å². The second kappa shape index (κ2) is 5.31. The summed E-state index contributed by atoms with van der Waals surface area (Å²) in [5.41, 5.74) is 3.25. The Bertz CT molecular complexity index is 788. The van der Waals surface area contributed by atoms with Crippen LogP contribution >= 0.6 is 23.3 Å². The van der Waals surface area contributed by atoms with Gasteiger partial charge in [0.1, 0.15) is 6.17 Å². The fourth-order valence-corrected chi connectivity index (χ4v) is 4.39. The molecule has 0 radical (unpaired) electrons. The van der Waals surface area contributed by atoms with Gasteiger partial charge in [-0.2, -0.15) is 0 Å². The summed E-state index contributed by atoms with van der Waals surface area (Å²) in [4.78, 5) is 16.2. The summed E-state index contributed by atoms with van der Waals surface area (Å²) in [6.45, 7) is 2.04. The first-order chi connectivity index (χ1) is 10.6. The number of fused-ring (bicyclic) bond motifs is 1. The number of anilines is 1. The van der Waals surface area contributed by atoms with Crippen molar-refractivity contribution in [3.05, 3.63) is 23.8 Å². The molecule has 1 aliphatic heterocycles. The minimum atomic E-state index is -0.983. The van der Waals surface area contributed by atoms with E-state index in [9.17, 15) is 9.18 Å². The molecule has 4 rings (SSSR count). The number of alkyl halides is 1. The highest BCUT2D eigenvalue weighted by Crippen LogP contribution is 2.41. The first-order valence-electron chi connectivity index (χ1n) is 7.15. The number of carbonyl (C=O) groups is 1. The number of hydrogen-bond donors (Lipinski definition) is 1. The third-order valence-corrected chi connectivity index (χ3v) is 5.92. The predicted octanol–water partition coefficient (Wildman–Crippen LogP) is 4.15. The summed E-state index contributed by atoms with van der Waals surface area (Å²) >= 11 is 3.04. The van der Waals surface area contributed by atoms with Crippen LogP contribution in [0.25, 0.3) is 10.2 Å². The van der Waals surface area contributed by atoms with Gasteiger partial charge in [-0.05, 0) is 43.0 Å². The van der Waals surface area contributed by atoms with Gasteiger partial charge in [0.05, 0.1) is 21.4 Å². The molecule has 1 saturated carbocycles. The second-order valence-electron chi connectivity index (χ2n) is 5.72. The average molecular weight is 335 g/mol. The molecule has 22 heavy (non-hydrogen) atoms. The van der Waals surface area contributed by atoms with Gasteiger partial charge >= 0.3 is 0 Å². The summed E-state index contributed by atoms with van der Waals surface area (Å²) in [6, 6.07) is 6.15. The van der Waals surface area contributed by atoms with Crippen LogP contribution in [0.3, 0.4) is 0 Å². The highest BCUT2D eigenvalue weighted by molar-refractivity contribution is 7.98. The van der Waals surface area contributed by atoms with Gasteiger partial charge < -0.3 is 5.32 Å². The number of aromatic nitrogens is 1. The molecule has 2 aliphatic rings. The number of hydrogen-bond acceptors (Lipinski definition) is 5. The maximum Gasteiger partial charge on any atom is 0.232 e. The van der Waals surface area contributed by atoms with E-state index in [1.54, 1.807) is 11.9 Å². The van der Waals surface area contributed by atoms with Gasteiger partial charge in [-0.15, -0.1) is 0 Å². The van der Waals surface area contributed by atoms with Crippen LogP contribution in [0.4, 0.5) is 9.52 Å². The quantitative estimate of drug-likeness (QED) is 0.858. The van der Waals surface area contributed by atoms with E-state index in [0.29, 0.717) is 16.8 Å². The van der Waals surface area contributed by atoms with Crippen LogP contribution in [0.5, 0.6) is 0 Å². The number of carbonyl (C=O) groups excluding carboxylic acids is 1. The average Bonchev–Trinajstić information content (AvgIpc) is 2.90. The molecule has 3 atom stereocenters. The van der Waals surface area contributed by atoms with E-state index in [-0.39, 0.29) is 5.91 Å².